The summed E-state index contributed by atoms with van der Waals surface area (Å²) in [6.07, 6.45) is -0.800. The van der Waals surface area contributed by atoms with Crippen molar-refractivity contribution in [2.24, 2.45) is 0 Å². The van der Waals surface area contributed by atoms with E-state index in [1.165, 1.54) is 0 Å². The lowest BCUT2D eigenvalue weighted by Gasteiger charge is -2.14. The minimum atomic E-state index is -0.800. The average Bonchev–Trinajstić information content (AvgIpc) is 2.52. The Hall–Kier alpha value is -2.04. The summed E-state index contributed by atoms with van der Waals surface area (Å²) >= 11 is 5.95. The molecule has 0 saturated carbocycles. The van der Waals surface area contributed by atoms with Crippen molar-refractivity contribution in [2.75, 3.05) is 13.2 Å². The van der Waals surface area contributed by atoms with Crippen LogP contribution in [-0.4, -0.2) is 30.3 Å². The van der Waals surface area contributed by atoms with Crippen LogP contribution in [0, 0.1) is 6.92 Å². The van der Waals surface area contributed by atoms with Crippen LogP contribution in [0.15, 0.2) is 48.5 Å². The number of amides is 1. The lowest BCUT2D eigenvalue weighted by atomic mass is 10.2. The van der Waals surface area contributed by atoms with Gasteiger partial charge in [0.2, 0.25) is 0 Å². The summed E-state index contributed by atoms with van der Waals surface area (Å²) in [5, 5.41) is 12.9. The highest BCUT2D eigenvalue weighted by molar-refractivity contribution is 6.33. The molecular weight excluding hydrogens is 302 g/mol. The van der Waals surface area contributed by atoms with Crippen LogP contribution in [0.2, 0.25) is 5.02 Å². The Morgan fingerprint density at radius 1 is 1.23 bits per heavy atom. The van der Waals surface area contributed by atoms with Crippen LogP contribution in [0.1, 0.15) is 15.9 Å². The monoisotopic (exact) mass is 319 g/mol. The molecule has 2 N–H and O–H groups in total. The highest BCUT2D eigenvalue weighted by Crippen LogP contribution is 2.16. The topological polar surface area (TPSA) is 58.6 Å². The van der Waals surface area contributed by atoms with Crippen LogP contribution in [-0.2, 0) is 0 Å². The maximum absolute atomic E-state index is 12.0. The van der Waals surface area contributed by atoms with Crippen molar-refractivity contribution in [2.45, 2.75) is 13.0 Å². The minimum Gasteiger partial charge on any atom is -0.491 e. The minimum absolute atomic E-state index is 0.0932. The molecule has 0 heterocycles. The highest BCUT2D eigenvalue weighted by Gasteiger charge is 2.12. The van der Waals surface area contributed by atoms with Crippen LogP contribution >= 0.6 is 11.6 Å². The number of aryl methyl sites for hydroxylation is 1. The predicted octanol–water partition coefficient (Wildman–Crippen LogP) is 2.82. The van der Waals surface area contributed by atoms with E-state index >= 15 is 0 Å². The molecule has 0 aliphatic rings. The van der Waals surface area contributed by atoms with Gasteiger partial charge in [-0.2, -0.15) is 0 Å². The van der Waals surface area contributed by atoms with Gasteiger partial charge >= 0.3 is 0 Å². The van der Waals surface area contributed by atoms with Gasteiger partial charge in [-0.15, -0.1) is 0 Å². The first-order valence-electron chi connectivity index (χ1n) is 6.97. The summed E-state index contributed by atoms with van der Waals surface area (Å²) in [4.78, 5) is 12.0. The summed E-state index contributed by atoms with van der Waals surface area (Å²) < 4.78 is 5.53. The Kier molecular flexibility index (Phi) is 5.81. The number of hydrogen-bond acceptors (Lipinski definition) is 3. The summed E-state index contributed by atoms with van der Waals surface area (Å²) in [6.45, 7) is 2.13. The van der Waals surface area contributed by atoms with Crippen molar-refractivity contribution < 1.29 is 14.6 Å². The summed E-state index contributed by atoms with van der Waals surface area (Å²) in [7, 11) is 0. The number of rotatable bonds is 6. The van der Waals surface area contributed by atoms with E-state index in [4.69, 9.17) is 16.3 Å². The van der Waals surface area contributed by atoms with Gasteiger partial charge in [-0.1, -0.05) is 41.9 Å². The lowest BCUT2D eigenvalue weighted by Crippen LogP contribution is -2.35. The van der Waals surface area contributed by atoms with E-state index in [2.05, 4.69) is 5.32 Å². The number of halogens is 1. The van der Waals surface area contributed by atoms with Crippen LogP contribution < -0.4 is 10.1 Å². The van der Waals surface area contributed by atoms with Crippen molar-refractivity contribution in [3.05, 3.63) is 64.7 Å². The molecule has 22 heavy (non-hydrogen) atoms. The van der Waals surface area contributed by atoms with Crippen molar-refractivity contribution >= 4 is 17.5 Å². The number of para-hydroxylation sites is 1. The van der Waals surface area contributed by atoms with Crippen LogP contribution in [0.3, 0.4) is 0 Å². The van der Waals surface area contributed by atoms with Gasteiger partial charge in [0, 0.05) is 6.54 Å². The quantitative estimate of drug-likeness (QED) is 0.860. The molecule has 4 nitrogen and oxygen atoms in total. The van der Waals surface area contributed by atoms with Gasteiger partial charge in [0.25, 0.3) is 5.91 Å². The third-order valence-electron chi connectivity index (χ3n) is 3.14. The largest absolute Gasteiger partial charge is 0.491 e. The number of ether oxygens (including phenoxy) is 1. The number of carbonyl (C=O) groups excluding carboxylic acids is 1. The van der Waals surface area contributed by atoms with Crippen molar-refractivity contribution in [3.63, 3.8) is 0 Å². The van der Waals surface area contributed by atoms with Gasteiger partial charge in [0.05, 0.1) is 10.6 Å². The van der Waals surface area contributed by atoms with Gasteiger partial charge in [0.15, 0.2) is 0 Å². The first-order chi connectivity index (χ1) is 10.6. The van der Waals surface area contributed by atoms with E-state index in [9.17, 15) is 9.90 Å². The fraction of sp³-hybridized carbons (Fsp3) is 0.235. The number of benzene rings is 2. The number of aliphatic hydroxyl groups is 1. The number of nitrogens with one attached hydrogen (secondary N) is 1. The molecule has 2 rings (SSSR count). The molecule has 0 bridgehead atoms. The Balaban J connectivity index is 1.81. The molecule has 2 aromatic rings. The van der Waals surface area contributed by atoms with Gasteiger partial charge in [0.1, 0.15) is 18.5 Å². The number of aliphatic hydroxyl groups excluding tert-OH is 1. The van der Waals surface area contributed by atoms with Gasteiger partial charge in [-0.05, 0) is 30.7 Å². The highest BCUT2D eigenvalue weighted by atomic mass is 35.5. The van der Waals surface area contributed by atoms with Gasteiger partial charge in [-0.25, -0.2) is 0 Å². The molecule has 0 spiro atoms. The van der Waals surface area contributed by atoms with E-state index in [-0.39, 0.29) is 19.1 Å². The predicted molar refractivity (Wildman–Crippen MR) is 86.5 cm³/mol. The van der Waals surface area contributed by atoms with E-state index < -0.39 is 6.10 Å². The third kappa shape index (κ3) is 4.48. The second-order valence-corrected chi connectivity index (χ2v) is 5.33. The van der Waals surface area contributed by atoms with E-state index in [0.717, 1.165) is 11.3 Å². The third-order valence-corrected chi connectivity index (χ3v) is 3.47. The van der Waals surface area contributed by atoms with E-state index in [0.29, 0.717) is 10.6 Å². The van der Waals surface area contributed by atoms with Crippen LogP contribution in [0.4, 0.5) is 0 Å². The summed E-state index contributed by atoms with van der Waals surface area (Å²) in [5.74, 6) is 0.402. The molecule has 1 amide bonds. The normalized spacial score (nSPS) is 11.8. The van der Waals surface area contributed by atoms with E-state index in [1.54, 1.807) is 24.3 Å². The smallest absolute Gasteiger partial charge is 0.252 e. The van der Waals surface area contributed by atoms with Crippen molar-refractivity contribution in [1.29, 1.82) is 0 Å². The van der Waals surface area contributed by atoms with Crippen LogP contribution in [0.25, 0.3) is 0 Å². The summed E-state index contributed by atoms with van der Waals surface area (Å²) in [5.41, 5.74) is 1.38. The summed E-state index contributed by atoms with van der Waals surface area (Å²) in [6, 6.07) is 14.3. The molecule has 0 aliphatic carbocycles. The molecular formula is C17H18ClNO3. The maximum Gasteiger partial charge on any atom is 0.252 e. The Labute approximate surface area is 134 Å². The van der Waals surface area contributed by atoms with Crippen molar-refractivity contribution in [3.8, 4) is 5.75 Å². The zero-order valence-electron chi connectivity index (χ0n) is 12.3. The zero-order valence-corrected chi connectivity index (χ0v) is 13.0. The molecule has 0 aliphatic heterocycles. The Morgan fingerprint density at radius 2 is 1.91 bits per heavy atom. The maximum atomic E-state index is 12.0. The standard InChI is InChI=1S/C17H18ClNO3/c1-12-6-2-5-9-16(12)22-11-13(20)10-19-17(21)14-7-3-4-8-15(14)18/h2-9,13,20H,10-11H2,1H3,(H,19,21). The first-order valence-corrected chi connectivity index (χ1v) is 7.35. The van der Waals surface area contributed by atoms with Crippen molar-refractivity contribution in [1.82, 2.24) is 5.32 Å². The number of carbonyl (C=O) groups is 1. The average molecular weight is 320 g/mol. The molecule has 116 valence electrons. The Morgan fingerprint density at radius 3 is 2.64 bits per heavy atom. The number of hydrogen-bond donors (Lipinski definition) is 2. The SMILES string of the molecule is Cc1ccccc1OCC(O)CNC(=O)c1ccccc1Cl. The second kappa shape index (κ2) is 7.82. The fourth-order valence-corrected chi connectivity index (χ4v) is 2.14. The molecule has 1 unspecified atom stereocenters. The molecule has 0 saturated heterocycles. The lowest BCUT2D eigenvalue weighted by molar-refractivity contribution is 0.0843. The molecule has 0 radical (unpaired) electrons. The first kappa shape index (κ1) is 16.3. The second-order valence-electron chi connectivity index (χ2n) is 4.92. The van der Waals surface area contributed by atoms with Gasteiger partial charge in [-0.3, -0.25) is 4.79 Å². The van der Waals surface area contributed by atoms with Gasteiger partial charge < -0.3 is 15.2 Å². The van der Waals surface area contributed by atoms with E-state index in [1.807, 2.05) is 31.2 Å². The molecule has 1 atom stereocenters. The fourth-order valence-electron chi connectivity index (χ4n) is 1.91. The Bertz CT molecular complexity index is 645. The van der Waals surface area contributed by atoms with Crippen LogP contribution in [0.5, 0.6) is 5.75 Å². The molecule has 0 fully saturated rings. The molecule has 2 aromatic carbocycles. The molecule has 0 aromatic heterocycles. The zero-order chi connectivity index (χ0) is 15.9. The molecule has 5 heteroatoms.